The van der Waals surface area contributed by atoms with Gasteiger partial charge in [0, 0.05) is 30.0 Å². The molecule has 2 atom stereocenters. The van der Waals surface area contributed by atoms with Gasteiger partial charge in [0.15, 0.2) is 5.78 Å². The van der Waals surface area contributed by atoms with Gasteiger partial charge < -0.3 is 14.2 Å². The van der Waals surface area contributed by atoms with E-state index in [2.05, 4.69) is 12.2 Å². The number of furan rings is 2. The van der Waals surface area contributed by atoms with Crippen LogP contribution in [0.1, 0.15) is 68.9 Å². The van der Waals surface area contributed by atoms with Crippen molar-refractivity contribution in [3.05, 3.63) is 83.8 Å². The van der Waals surface area contributed by atoms with Gasteiger partial charge >= 0.3 is 0 Å². The molecule has 5 rings (SSSR count). The summed E-state index contributed by atoms with van der Waals surface area (Å²) < 4.78 is 11.4. The number of rotatable bonds is 6. The second-order valence-corrected chi connectivity index (χ2v) is 8.72. The first-order valence-electron chi connectivity index (χ1n) is 11.7. The molecule has 6 heteroatoms. The fourth-order valence-corrected chi connectivity index (χ4v) is 4.95. The molecular formula is C27H28N2O4. The Bertz CT molecular complexity index is 1160. The average Bonchev–Trinajstić information content (AvgIpc) is 3.51. The van der Waals surface area contributed by atoms with E-state index in [0.29, 0.717) is 30.6 Å². The SMILES string of the molecule is CCCCCC(=O)N1c2ccccc2NC2=C(C(=O)CC(c3ccco3)C2)C1c1ccco1. The van der Waals surface area contributed by atoms with E-state index >= 15 is 0 Å². The van der Waals surface area contributed by atoms with Gasteiger partial charge in [-0.25, -0.2) is 0 Å². The molecule has 3 heterocycles. The summed E-state index contributed by atoms with van der Waals surface area (Å²) in [7, 11) is 0. The smallest absolute Gasteiger partial charge is 0.228 e. The Labute approximate surface area is 193 Å². The number of carbonyl (C=O) groups excluding carboxylic acids is 2. The molecule has 0 bridgehead atoms. The molecule has 33 heavy (non-hydrogen) atoms. The molecule has 170 valence electrons. The van der Waals surface area contributed by atoms with Gasteiger partial charge in [-0.15, -0.1) is 0 Å². The Balaban J connectivity index is 1.64. The summed E-state index contributed by atoms with van der Waals surface area (Å²) in [6, 6.07) is 14.6. The number of allylic oxidation sites excluding steroid dienone is 1. The Morgan fingerprint density at radius 1 is 1.00 bits per heavy atom. The van der Waals surface area contributed by atoms with Gasteiger partial charge in [-0.1, -0.05) is 31.9 Å². The number of unbranched alkanes of at least 4 members (excludes halogenated alkanes) is 2. The molecular weight excluding hydrogens is 416 g/mol. The minimum Gasteiger partial charge on any atom is -0.469 e. The second-order valence-electron chi connectivity index (χ2n) is 8.72. The van der Waals surface area contributed by atoms with Gasteiger partial charge in [-0.05, 0) is 49.2 Å². The summed E-state index contributed by atoms with van der Waals surface area (Å²) in [6.07, 6.45) is 7.45. The minimum atomic E-state index is -0.606. The van der Waals surface area contributed by atoms with Crippen LogP contribution in [0.2, 0.25) is 0 Å². The number of Topliss-reactive ketones (excluding diaryl/α,β-unsaturated/α-hetero) is 1. The van der Waals surface area contributed by atoms with Crippen LogP contribution in [0.25, 0.3) is 0 Å². The first-order chi connectivity index (χ1) is 16.2. The van der Waals surface area contributed by atoms with Crippen LogP contribution >= 0.6 is 0 Å². The van der Waals surface area contributed by atoms with Gasteiger partial charge in [-0.3, -0.25) is 14.5 Å². The molecule has 6 nitrogen and oxygen atoms in total. The minimum absolute atomic E-state index is 0.00529. The van der Waals surface area contributed by atoms with Crippen molar-refractivity contribution in [2.45, 2.75) is 57.4 Å². The fraction of sp³-hybridized carbons (Fsp3) is 0.333. The van der Waals surface area contributed by atoms with Gasteiger partial charge in [0.05, 0.1) is 23.9 Å². The van der Waals surface area contributed by atoms with Crippen LogP contribution in [-0.2, 0) is 9.59 Å². The van der Waals surface area contributed by atoms with E-state index in [4.69, 9.17) is 8.83 Å². The molecule has 0 radical (unpaired) electrons. The lowest BCUT2D eigenvalue weighted by atomic mass is 9.81. The number of nitrogens with zero attached hydrogens (tertiary/aromatic N) is 1. The summed E-state index contributed by atoms with van der Waals surface area (Å²) in [5.74, 6) is 1.35. The van der Waals surface area contributed by atoms with E-state index in [-0.39, 0.29) is 17.6 Å². The maximum absolute atomic E-state index is 13.7. The molecule has 1 N–H and O–H groups in total. The van der Waals surface area contributed by atoms with Crippen molar-refractivity contribution < 1.29 is 18.4 Å². The second kappa shape index (κ2) is 9.14. The molecule has 0 saturated heterocycles. The number of anilines is 2. The van der Waals surface area contributed by atoms with Crippen molar-refractivity contribution >= 4 is 23.1 Å². The lowest BCUT2D eigenvalue weighted by Gasteiger charge is -2.33. The third-order valence-corrected chi connectivity index (χ3v) is 6.51. The largest absolute Gasteiger partial charge is 0.469 e. The molecule has 2 aliphatic rings. The monoisotopic (exact) mass is 444 g/mol. The van der Waals surface area contributed by atoms with E-state index in [1.54, 1.807) is 23.5 Å². The topological polar surface area (TPSA) is 75.7 Å². The Hall–Kier alpha value is -3.54. The van der Waals surface area contributed by atoms with E-state index < -0.39 is 6.04 Å². The molecule has 3 aromatic rings. The van der Waals surface area contributed by atoms with E-state index in [1.165, 1.54) is 0 Å². The number of hydrogen-bond acceptors (Lipinski definition) is 5. The van der Waals surface area contributed by atoms with Gasteiger partial charge in [0.2, 0.25) is 5.91 Å². The molecule has 2 unspecified atom stereocenters. The normalized spacial score (nSPS) is 20.2. The highest BCUT2D eigenvalue weighted by Gasteiger charge is 2.43. The van der Waals surface area contributed by atoms with Crippen molar-refractivity contribution in [1.29, 1.82) is 0 Å². The summed E-state index contributed by atoms with van der Waals surface area (Å²) >= 11 is 0. The van der Waals surface area contributed by atoms with Gasteiger partial charge in [0.1, 0.15) is 17.6 Å². The molecule has 1 aromatic carbocycles. The number of nitrogens with one attached hydrogen (secondary N) is 1. The lowest BCUT2D eigenvalue weighted by Crippen LogP contribution is -2.38. The van der Waals surface area contributed by atoms with Crippen LogP contribution in [0, 0.1) is 0 Å². The van der Waals surface area contributed by atoms with Gasteiger partial charge in [0.25, 0.3) is 0 Å². The molecule has 0 spiro atoms. The van der Waals surface area contributed by atoms with Crippen molar-refractivity contribution in [1.82, 2.24) is 0 Å². The third kappa shape index (κ3) is 4.01. The molecule has 0 fully saturated rings. The van der Waals surface area contributed by atoms with Gasteiger partial charge in [-0.2, -0.15) is 0 Å². The zero-order chi connectivity index (χ0) is 22.8. The number of para-hydroxylation sites is 2. The highest BCUT2D eigenvalue weighted by atomic mass is 16.3. The zero-order valence-electron chi connectivity index (χ0n) is 18.8. The molecule has 1 aliphatic carbocycles. The Morgan fingerprint density at radius 2 is 1.76 bits per heavy atom. The fourth-order valence-electron chi connectivity index (χ4n) is 4.95. The van der Waals surface area contributed by atoms with Crippen molar-refractivity contribution in [3.8, 4) is 0 Å². The summed E-state index contributed by atoms with van der Waals surface area (Å²) in [5.41, 5.74) is 3.01. The number of hydrogen-bond donors (Lipinski definition) is 1. The first kappa shape index (κ1) is 21.3. The highest BCUT2D eigenvalue weighted by Crippen LogP contribution is 2.47. The quantitative estimate of drug-likeness (QED) is 0.448. The predicted octanol–water partition coefficient (Wildman–Crippen LogP) is 6.35. The van der Waals surface area contributed by atoms with Crippen LogP contribution in [0.3, 0.4) is 0 Å². The van der Waals surface area contributed by atoms with E-state index in [1.807, 2.05) is 42.5 Å². The van der Waals surface area contributed by atoms with E-state index in [0.717, 1.165) is 42.1 Å². The van der Waals surface area contributed by atoms with Crippen LogP contribution < -0.4 is 10.2 Å². The lowest BCUT2D eigenvalue weighted by molar-refractivity contribution is -0.119. The van der Waals surface area contributed by atoms with Crippen LogP contribution in [0.4, 0.5) is 11.4 Å². The Kier molecular flexibility index (Phi) is 5.90. The molecule has 0 saturated carbocycles. The maximum atomic E-state index is 13.7. The number of amides is 1. The predicted molar refractivity (Wildman–Crippen MR) is 126 cm³/mol. The highest BCUT2D eigenvalue weighted by molar-refractivity contribution is 6.06. The van der Waals surface area contributed by atoms with Crippen LogP contribution in [0.15, 0.2) is 81.2 Å². The summed E-state index contributed by atoms with van der Waals surface area (Å²) in [5, 5.41) is 3.51. The van der Waals surface area contributed by atoms with Crippen molar-refractivity contribution in [2.24, 2.45) is 0 Å². The molecule has 2 aromatic heterocycles. The number of benzene rings is 1. The number of fused-ring (bicyclic) bond motifs is 1. The standard InChI is InChI=1S/C27H28N2O4/c1-2-3-4-13-25(31)29-21-10-6-5-9-19(21)28-20-16-18(23-11-7-14-32-23)17-22(30)26(20)27(29)24-12-8-15-33-24/h5-12,14-15,18,27-28H,2-4,13,16-17H2,1H3. The first-order valence-corrected chi connectivity index (χ1v) is 11.7. The number of ketones is 1. The maximum Gasteiger partial charge on any atom is 0.228 e. The number of carbonyl (C=O) groups is 2. The molecule has 1 aliphatic heterocycles. The van der Waals surface area contributed by atoms with E-state index in [9.17, 15) is 9.59 Å². The zero-order valence-corrected chi connectivity index (χ0v) is 18.8. The molecule has 1 amide bonds. The average molecular weight is 445 g/mol. The third-order valence-electron chi connectivity index (χ3n) is 6.51. The van der Waals surface area contributed by atoms with Crippen LogP contribution in [0.5, 0.6) is 0 Å². The van der Waals surface area contributed by atoms with Crippen molar-refractivity contribution in [2.75, 3.05) is 10.2 Å². The van der Waals surface area contributed by atoms with Crippen molar-refractivity contribution in [3.63, 3.8) is 0 Å². The van der Waals surface area contributed by atoms with Crippen LogP contribution in [-0.4, -0.2) is 11.7 Å². The Morgan fingerprint density at radius 3 is 2.48 bits per heavy atom. The summed E-state index contributed by atoms with van der Waals surface area (Å²) in [6.45, 7) is 2.12. The summed E-state index contributed by atoms with van der Waals surface area (Å²) in [4.78, 5) is 29.1.